The normalized spacial score (nSPS) is 17.3. The Bertz CT molecular complexity index is 800. The number of carbonyl (C=O) groups excluding carboxylic acids is 1. The fourth-order valence-corrected chi connectivity index (χ4v) is 2.76. The average molecular weight is 370 g/mol. The third-order valence-corrected chi connectivity index (χ3v) is 4.35. The highest BCUT2D eigenvalue weighted by Crippen LogP contribution is 2.18. The Labute approximate surface area is 157 Å². The molecule has 7 heteroatoms. The minimum absolute atomic E-state index is 0.0310. The molecule has 1 amide bonds. The lowest BCUT2D eigenvalue weighted by atomic mass is 10.0. The number of aliphatic carboxylic acids is 1. The van der Waals surface area contributed by atoms with Crippen molar-refractivity contribution < 1.29 is 24.2 Å². The zero-order valence-electron chi connectivity index (χ0n) is 15.1. The second-order valence-electron chi connectivity index (χ2n) is 6.58. The third-order valence-electron chi connectivity index (χ3n) is 4.35. The van der Waals surface area contributed by atoms with Gasteiger partial charge in [0, 0.05) is 29.9 Å². The first-order chi connectivity index (χ1) is 13.0. The lowest BCUT2D eigenvalue weighted by Gasteiger charge is -2.12. The number of rotatable bonds is 7. The van der Waals surface area contributed by atoms with E-state index in [1.165, 1.54) is 6.20 Å². The van der Waals surface area contributed by atoms with Crippen LogP contribution in [0, 0.1) is 5.92 Å². The van der Waals surface area contributed by atoms with Crippen molar-refractivity contribution in [3.63, 3.8) is 0 Å². The van der Waals surface area contributed by atoms with Gasteiger partial charge in [0.15, 0.2) is 0 Å². The second-order valence-corrected chi connectivity index (χ2v) is 6.58. The van der Waals surface area contributed by atoms with E-state index in [1.807, 2.05) is 12.1 Å². The highest BCUT2D eigenvalue weighted by atomic mass is 16.5. The molecule has 0 radical (unpaired) electrons. The summed E-state index contributed by atoms with van der Waals surface area (Å²) in [6.07, 6.45) is 2.76. The molecular formula is C20H22N2O5. The van der Waals surface area contributed by atoms with E-state index < -0.39 is 11.9 Å². The van der Waals surface area contributed by atoms with Gasteiger partial charge in [-0.1, -0.05) is 19.1 Å². The van der Waals surface area contributed by atoms with Gasteiger partial charge in [0.2, 0.25) is 5.88 Å². The molecule has 1 aliphatic heterocycles. The molecule has 1 aromatic heterocycles. The summed E-state index contributed by atoms with van der Waals surface area (Å²) in [4.78, 5) is 27.5. The summed E-state index contributed by atoms with van der Waals surface area (Å²) in [6.45, 7) is 2.87. The molecule has 2 N–H and O–H groups in total. The van der Waals surface area contributed by atoms with Crippen LogP contribution in [0.15, 0.2) is 42.6 Å². The van der Waals surface area contributed by atoms with Gasteiger partial charge in [0.1, 0.15) is 6.10 Å². The van der Waals surface area contributed by atoms with Crippen molar-refractivity contribution in [1.82, 2.24) is 4.98 Å². The monoisotopic (exact) mass is 370 g/mol. The highest BCUT2D eigenvalue weighted by Gasteiger charge is 2.18. The Hall–Kier alpha value is -2.93. The quantitative estimate of drug-likeness (QED) is 0.778. The van der Waals surface area contributed by atoms with Gasteiger partial charge in [-0.3, -0.25) is 9.59 Å². The summed E-state index contributed by atoms with van der Waals surface area (Å²) < 4.78 is 11.0. The maximum atomic E-state index is 12.5. The van der Waals surface area contributed by atoms with Crippen molar-refractivity contribution in [3.8, 4) is 5.88 Å². The van der Waals surface area contributed by atoms with Crippen molar-refractivity contribution in [3.05, 3.63) is 53.7 Å². The first-order valence-electron chi connectivity index (χ1n) is 8.85. The number of nitrogens with one attached hydrogen (secondary N) is 1. The predicted molar refractivity (Wildman–Crippen MR) is 99.0 cm³/mol. The van der Waals surface area contributed by atoms with Crippen LogP contribution in [0.4, 0.5) is 5.69 Å². The molecule has 0 saturated carbocycles. The van der Waals surface area contributed by atoms with Gasteiger partial charge in [0.25, 0.3) is 5.91 Å². The molecule has 3 rings (SSSR count). The minimum atomic E-state index is -0.827. The van der Waals surface area contributed by atoms with Gasteiger partial charge in [-0.15, -0.1) is 0 Å². The van der Waals surface area contributed by atoms with E-state index in [2.05, 4.69) is 10.3 Å². The summed E-state index contributed by atoms with van der Waals surface area (Å²) in [5.74, 6) is -1.15. The molecule has 2 atom stereocenters. The minimum Gasteiger partial charge on any atom is -0.481 e. The molecule has 1 fully saturated rings. The number of carbonyl (C=O) groups is 2. The summed E-state index contributed by atoms with van der Waals surface area (Å²) in [7, 11) is 0. The molecular weight excluding hydrogens is 348 g/mol. The second kappa shape index (κ2) is 8.64. The summed E-state index contributed by atoms with van der Waals surface area (Å²) in [5, 5.41) is 11.8. The van der Waals surface area contributed by atoms with Crippen molar-refractivity contribution in [1.29, 1.82) is 0 Å². The highest BCUT2D eigenvalue weighted by molar-refractivity contribution is 6.04. The first-order valence-corrected chi connectivity index (χ1v) is 8.85. The lowest BCUT2D eigenvalue weighted by molar-refractivity contribution is -0.141. The number of anilines is 1. The van der Waals surface area contributed by atoms with Crippen LogP contribution in [-0.2, 0) is 16.0 Å². The van der Waals surface area contributed by atoms with Crippen LogP contribution in [0.3, 0.4) is 0 Å². The third kappa shape index (κ3) is 5.27. The van der Waals surface area contributed by atoms with Crippen molar-refractivity contribution in [2.24, 2.45) is 5.92 Å². The van der Waals surface area contributed by atoms with Crippen molar-refractivity contribution >= 4 is 17.6 Å². The Morgan fingerprint density at radius 1 is 1.33 bits per heavy atom. The van der Waals surface area contributed by atoms with Crippen LogP contribution in [0.25, 0.3) is 0 Å². The zero-order valence-corrected chi connectivity index (χ0v) is 15.1. The van der Waals surface area contributed by atoms with E-state index >= 15 is 0 Å². The molecule has 0 bridgehead atoms. The van der Waals surface area contributed by atoms with Crippen LogP contribution >= 0.6 is 0 Å². The molecule has 2 unspecified atom stereocenters. The smallest absolute Gasteiger partial charge is 0.306 e. The Morgan fingerprint density at radius 3 is 2.78 bits per heavy atom. The predicted octanol–water partition coefficient (Wildman–Crippen LogP) is 2.76. The van der Waals surface area contributed by atoms with Gasteiger partial charge in [-0.05, 0) is 30.2 Å². The Balaban J connectivity index is 1.60. The fraction of sp³-hybridized carbons (Fsp3) is 0.350. The van der Waals surface area contributed by atoms with Gasteiger partial charge in [-0.2, -0.15) is 0 Å². The Morgan fingerprint density at radius 2 is 2.11 bits per heavy atom. The lowest BCUT2D eigenvalue weighted by Crippen LogP contribution is -2.17. The number of carboxylic acids is 1. The van der Waals surface area contributed by atoms with E-state index in [0.29, 0.717) is 36.8 Å². The summed E-state index contributed by atoms with van der Waals surface area (Å²) in [6, 6.07) is 10.4. The van der Waals surface area contributed by atoms with Crippen LogP contribution in [0.1, 0.15) is 29.3 Å². The molecule has 27 heavy (non-hydrogen) atoms. The topological polar surface area (TPSA) is 97.8 Å². The number of carboxylic acid groups (broad SMARTS) is 1. The van der Waals surface area contributed by atoms with E-state index in [1.54, 1.807) is 31.2 Å². The average Bonchev–Trinajstić information content (AvgIpc) is 3.16. The van der Waals surface area contributed by atoms with E-state index in [0.717, 1.165) is 12.0 Å². The van der Waals surface area contributed by atoms with Gasteiger partial charge >= 0.3 is 5.97 Å². The number of ether oxygens (including phenoxy) is 2. The van der Waals surface area contributed by atoms with Crippen LogP contribution in [0.5, 0.6) is 5.88 Å². The van der Waals surface area contributed by atoms with Crippen LogP contribution < -0.4 is 10.1 Å². The molecule has 0 spiro atoms. The molecule has 2 aromatic rings. The number of hydrogen-bond donors (Lipinski definition) is 2. The fourth-order valence-electron chi connectivity index (χ4n) is 2.76. The largest absolute Gasteiger partial charge is 0.481 e. The van der Waals surface area contributed by atoms with Gasteiger partial charge < -0.3 is 19.9 Å². The summed E-state index contributed by atoms with van der Waals surface area (Å²) >= 11 is 0. The molecule has 1 saturated heterocycles. The molecule has 142 valence electrons. The van der Waals surface area contributed by atoms with E-state index in [9.17, 15) is 9.59 Å². The standard InChI is InChI=1S/C20H22N2O5/c1-13(20(24)25)10-14-2-4-16(5-3-14)22-19(23)15-6-8-21-18(11-15)27-17-7-9-26-12-17/h2-6,8,11,13,17H,7,9-10,12H2,1H3,(H,22,23)(H,24,25). The van der Waals surface area contributed by atoms with Gasteiger partial charge in [-0.25, -0.2) is 4.98 Å². The van der Waals surface area contributed by atoms with Crippen LogP contribution in [-0.4, -0.2) is 41.3 Å². The van der Waals surface area contributed by atoms with Crippen molar-refractivity contribution in [2.45, 2.75) is 25.9 Å². The maximum absolute atomic E-state index is 12.5. The van der Waals surface area contributed by atoms with E-state index in [-0.39, 0.29) is 12.0 Å². The number of aromatic nitrogens is 1. The maximum Gasteiger partial charge on any atom is 0.306 e. The molecule has 0 aliphatic carbocycles. The van der Waals surface area contributed by atoms with Crippen LogP contribution in [0.2, 0.25) is 0 Å². The number of benzene rings is 1. The molecule has 2 heterocycles. The number of hydrogen-bond acceptors (Lipinski definition) is 5. The number of pyridine rings is 1. The van der Waals surface area contributed by atoms with Gasteiger partial charge in [0.05, 0.1) is 19.1 Å². The summed E-state index contributed by atoms with van der Waals surface area (Å²) in [5.41, 5.74) is 1.99. The molecule has 1 aliphatic rings. The zero-order chi connectivity index (χ0) is 19.2. The molecule has 7 nitrogen and oxygen atoms in total. The van der Waals surface area contributed by atoms with E-state index in [4.69, 9.17) is 14.6 Å². The SMILES string of the molecule is CC(Cc1ccc(NC(=O)c2ccnc(OC3CCOC3)c2)cc1)C(=O)O. The van der Waals surface area contributed by atoms with Crippen molar-refractivity contribution in [2.75, 3.05) is 18.5 Å². The number of nitrogens with zero attached hydrogens (tertiary/aromatic N) is 1. The number of amides is 1. The molecule has 1 aromatic carbocycles. The first kappa shape index (κ1) is 18.8. The Kier molecular flexibility index (Phi) is 6.03.